The average Bonchev–Trinajstić information content (AvgIpc) is 3.15. The molecule has 3 aromatic carbocycles. The number of nitrogens with zero attached hydrogens (tertiary/aromatic N) is 1. The Morgan fingerprint density at radius 2 is 1.87 bits per heavy atom. The predicted molar refractivity (Wildman–Crippen MR) is 121 cm³/mol. The van der Waals surface area contributed by atoms with Crippen LogP contribution in [-0.2, 0) is 4.79 Å². The lowest BCUT2D eigenvalue weighted by Gasteiger charge is -2.25. The van der Waals surface area contributed by atoms with Crippen LogP contribution in [0.3, 0.4) is 0 Å². The highest BCUT2D eigenvalue weighted by atomic mass is 32.2. The third kappa shape index (κ3) is 4.04. The SMILES string of the molecule is COc1cccc(N2C(=O)CS[C@@H]2c2cccc(NC(=O)c3ccccc3C)c2)c1. The van der Waals surface area contributed by atoms with E-state index in [0.29, 0.717) is 22.8 Å². The van der Waals surface area contributed by atoms with Crippen molar-refractivity contribution in [3.05, 3.63) is 89.5 Å². The molecule has 1 atom stereocenters. The zero-order valence-electron chi connectivity index (χ0n) is 16.8. The minimum atomic E-state index is -0.167. The number of carbonyl (C=O) groups excluding carboxylic acids is 2. The molecule has 6 heteroatoms. The summed E-state index contributed by atoms with van der Waals surface area (Å²) in [5.74, 6) is 1.01. The number of thioether (sulfide) groups is 1. The van der Waals surface area contributed by atoms with E-state index in [9.17, 15) is 9.59 Å². The largest absolute Gasteiger partial charge is 0.497 e. The van der Waals surface area contributed by atoms with E-state index in [0.717, 1.165) is 16.8 Å². The molecule has 1 N–H and O–H groups in total. The Kier molecular flexibility index (Phi) is 5.77. The van der Waals surface area contributed by atoms with Crippen molar-refractivity contribution in [1.82, 2.24) is 0 Å². The topological polar surface area (TPSA) is 58.6 Å². The second-order valence-electron chi connectivity index (χ2n) is 7.02. The number of amides is 2. The highest BCUT2D eigenvalue weighted by Crippen LogP contribution is 2.42. The maximum absolute atomic E-state index is 12.7. The van der Waals surface area contributed by atoms with Gasteiger partial charge in [-0.3, -0.25) is 14.5 Å². The van der Waals surface area contributed by atoms with Gasteiger partial charge in [-0.05, 0) is 48.4 Å². The number of rotatable bonds is 5. The minimum absolute atomic E-state index is 0.0487. The van der Waals surface area contributed by atoms with Gasteiger partial charge in [0.15, 0.2) is 0 Å². The summed E-state index contributed by atoms with van der Waals surface area (Å²) in [5.41, 5.74) is 4.02. The predicted octanol–water partition coefficient (Wildman–Crippen LogP) is 5.03. The molecule has 4 rings (SSSR count). The van der Waals surface area contributed by atoms with Crippen molar-refractivity contribution in [2.45, 2.75) is 12.3 Å². The van der Waals surface area contributed by atoms with Gasteiger partial charge in [0.05, 0.1) is 12.9 Å². The van der Waals surface area contributed by atoms with E-state index in [1.807, 2.05) is 79.7 Å². The molecule has 152 valence electrons. The van der Waals surface area contributed by atoms with Gasteiger partial charge in [0.1, 0.15) is 11.1 Å². The normalized spacial score (nSPS) is 15.9. The summed E-state index contributed by atoms with van der Waals surface area (Å²) in [6.45, 7) is 1.91. The van der Waals surface area contributed by atoms with Gasteiger partial charge in [-0.25, -0.2) is 0 Å². The molecule has 0 aliphatic carbocycles. The zero-order chi connectivity index (χ0) is 21.1. The van der Waals surface area contributed by atoms with Gasteiger partial charge in [0, 0.05) is 23.0 Å². The molecule has 5 nitrogen and oxygen atoms in total. The van der Waals surface area contributed by atoms with Gasteiger partial charge in [-0.2, -0.15) is 0 Å². The second-order valence-corrected chi connectivity index (χ2v) is 8.09. The molecule has 1 heterocycles. The molecule has 1 aliphatic heterocycles. The summed E-state index contributed by atoms with van der Waals surface area (Å²) >= 11 is 1.57. The molecule has 0 aromatic heterocycles. The van der Waals surface area contributed by atoms with Gasteiger partial charge in [0.2, 0.25) is 5.91 Å². The van der Waals surface area contributed by atoms with Crippen molar-refractivity contribution < 1.29 is 14.3 Å². The Hall–Kier alpha value is -3.25. The molecule has 0 saturated carbocycles. The monoisotopic (exact) mass is 418 g/mol. The van der Waals surface area contributed by atoms with Crippen molar-refractivity contribution in [1.29, 1.82) is 0 Å². The molecule has 0 radical (unpaired) electrons. The highest BCUT2D eigenvalue weighted by Gasteiger charge is 2.34. The summed E-state index contributed by atoms with van der Waals surface area (Å²) < 4.78 is 5.31. The fraction of sp³-hybridized carbons (Fsp3) is 0.167. The summed E-state index contributed by atoms with van der Waals surface area (Å²) in [5, 5.41) is 2.81. The number of benzene rings is 3. The first-order chi connectivity index (χ1) is 14.6. The van der Waals surface area contributed by atoms with Crippen molar-refractivity contribution in [2.24, 2.45) is 0 Å². The number of nitrogens with one attached hydrogen (secondary N) is 1. The summed E-state index contributed by atoms with van der Waals surface area (Å²) in [7, 11) is 1.61. The molecule has 2 amide bonds. The quantitative estimate of drug-likeness (QED) is 0.631. The van der Waals surface area contributed by atoms with Gasteiger partial charge in [0.25, 0.3) is 5.91 Å². The zero-order valence-corrected chi connectivity index (χ0v) is 17.6. The van der Waals surface area contributed by atoms with Crippen LogP contribution in [0.15, 0.2) is 72.8 Å². The smallest absolute Gasteiger partial charge is 0.255 e. The Labute approximate surface area is 180 Å². The standard InChI is InChI=1S/C24H22N2O3S/c1-16-7-3-4-12-21(16)23(28)25-18-9-5-8-17(13-18)24-26(22(27)15-30-24)19-10-6-11-20(14-19)29-2/h3-14,24H,15H2,1-2H3,(H,25,28)/t24-/m1/s1. The maximum atomic E-state index is 12.7. The number of carbonyl (C=O) groups is 2. The fourth-order valence-corrected chi connectivity index (χ4v) is 4.67. The number of anilines is 2. The van der Waals surface area contributed by atoms with Crippen LogP contribution in [-0.4, -0.2) is 24.7 Å². The van der Waals surface area contributed by atoms with Crippen LogP contribution in [0.5, 0.6) is 5.75 Å². The third-order valence-corrected chi connectivity index (χ3v) is 6.23. The molecule has 1 saturated heterocycles. The van der Waals surface area contributed by atoms with Crippen molar-refractivity contribution >= 4 is 35.0 Å². The Morgan fingerprint density at radius 1 is 1.07 bits per heavy atom. The van der Waals surface area contributed by atoms with E-state index < -0.39 is 0 Å². The van der Waals surface area contributed by atoms with Crippen molar-refractivity contribution in [3.63, 3.8) is 0 Å². The Balaban J connectivity index is 1.60. The summed E-state index contributed by atoms with van der Waals surface area (Å²) in [6.07, 6.45) is 0. The van der Waals surface area contributed by atoms with E-state index in [1.165, 1.54) is 0 Å². The molecule has 1 fully saturated rings. The van der Waals surface area contributed by atoms with Gasteiger partial charge in [-0.1, -0.05) is 36.4 Å². The van der Waals surface area contributed by atoms with E-state index in [4.69, 9.17) is 4.74 Å². The lowest BCUT2D eigenvalue weighted by atomic mass is 10.1. The molecular formula is C24H22N2O3S. The maximum Gasteiger partial charge on any atom is 0.255 e. The summed E-state index contributed by atoms with van der Waals surface area (Å²) in [6, 6.07) is 22.7. The molecule has 1 aliphatic rings. The third-order valence-electron chi connectivity index (χ3n) is 5.02. The van der Waals surface area contributed by atoms with Crippen LogP contribution in [0.25, 0.3) is 0 Å². The highest BCUT2D eigenvalue weighted by molar-refractivity contribution is 8.00. The van der Waals surface area contributed by atoms with Gasteiger partial charge in [-0.15, -0.1) is 11.8 Å². The number of ether oxygens (including phenoxy) is 1. The van der Waals surface area contributed by atoms with Crippen LogP contribution in [0.1, 0.15) is 26.9 Å². The fourth-order valence-electron chi connectivity index (χ4n) is 3.51. The van der Waals surface area contributed by atoms with Crippen LogP contribution in [0, 0.1) is 6.92 Å². The van der Waals surface area contributed by atoms with Crippen LogP contribution in [0.4, 0.5) is 11.4 Å². The van der Waals surface area contributed by atoms with E-state index in [-0.39, 0.29) is 17.2 Å². The Bertz CT molecular complexity index is 1100. The van der Waals surface area contributed by atoms with Crippen LogP contribution < -0.4 is 15.0 Å². The number of methoxy groups -OCH3 is 1. The van der Waals surface area contributed by atoms with Gasteiger partial charge >= 0.3 is 0 Å². The number of hydrogen-bond donors (Lipinski definition) is 1. The first-order valence-electron chi connectivity index (χ1n) is 9.61. The van der Waals surface area contributed by atoms with E-state index in [1.54, 1.807) is 23.8 Å². The molecule has 0 spiro atoms. The van der Waals surface area contributed by atoms with Crippen molar-refractivity contribution in [2.75, 3.05) is 23.1 Å². The molecule has 3 aromatic rings. The van der Waals surface area contributed by atoms with Crippen molar-refractivity contribution in [3.8, 4) is 5.75 Å². The van der Waals surface area contributed by atoms with Crippen LogP contribution >= 0.6 is 11.8 Å². The lowest BCUT2D eigenvalue weighted by molar-refractivity contribution is -0.115. The number of aryl methyl sites for hydroxylation is 1. The van der Waals surface area contributed by atoms with E-state index in [2.05, 4.69) is 5.32 Å². The average molecular weight is 419 g/mol. The molecule has 30 heavy (non-hydrogen) atoms. The second kappa shape index (κ2) is 8.63. The molecule has 0 unspecified atom stereocenters. The van der Waals surface area contributed by atoms with Crippen LogP contribution in [0.2, 0.25) is 0 Å². The first-order valence-corrected chi connectivity index (χ1v) is 10.7. The summed E-state index contributed by atoms with van der Waals surface area (Å²) in [4.78, 5) is 27.1. The molecular weight excluding hydrogens is 396 g/mol. The minimum Gasteiger partial charge on any atom is -0.497 e. The Morgan fingerprint density at radius 3 is 2.67 bits per heavy atom. The molecule has 0 bridgehead atoms. The van der Waals surface area contributed by atoms with Gasteiger partial charge < -0.3 is 10.1 Å². The van der Waals surface area contributed by atoms with E-state index >= 15 is 0 Å². The lowest BCUT2D eigenvalue weighted by Crippen LogP contribution is -2.27. The first kappa shape index (κ1) is 20.0. The number of hydrogen-bond acceptors (Lipinski definition) is 4.